The van der Waals surface area contributed by atoms with Gasteiger partial charge in [0.05, 0.1) is 11.1 Å². The summed E-state index contributed by atoms with van der Waals surface area (Å²) in [5.41, 5.74) is 0.784. The smallest absolute Gasteiger partial charge is 0.245 e. The van der Waals surface area contributed by atoms with E-state index in [0.29, 0.717) is 0 Å². The van der Waals surface area contributed by atoms with Crippen molar-refractivity contribution in [2.75, 3.05) is 13.2 Å². The number of hydrogen-bond donors (Lipinski definition) is 2. The number of aliphatic hydroxyl groups excluding tert-OH is 1. The minimum absolute atomic E-state index is 0.0868. The van der Waals surface area contributed by atoms with E-state index >= 15 is 0 Å². The van der Waals surface area contributed by atoms with E-state index in [0.717, 1.165) is 18.5 Å². The second-order valence-corrected chi connectivity index (χ2v) is 5.98. The van der Waals surface area contributed by atoms with Crippen molar-refractivity contribution in [2.24, 2.45) is 0 Å². The van der Waals surface area contributed by atoms with E-state index in [-0.39, 0.29) is 23.1 Å². The van der Waals surface area contributed by atoms with Gasteiger partial charge in [0.2, 0.25) is 5.91 Å². The molecule has 2 atom stereocenters. The quantitative estimate of drug-likeness (QED) is 0.895. The van der Waals surface area contributed by atoms with Crippen molar-refractivity contribution in [1.82, 2.24) is 10.2 Å². The predicted octanol–water partition coefficient (Wildman–Crippen LogP) is 2.11. The van der Waals surface area contributed by atoms with Crippen LogP contribution in [0.1, 0.15) is 31.9 Å². The lowest BCUT2D eigenvalue weighted by Gasteiger charge is -2.32. The topological polar surface area (TPSA) is 52.6 Å². The molecule has 1 aliphatic heterocycles. The molecule has 21 heavy (non-hydrogen) atoms. The summed E-state index contributed by atoms with van der Waals surface area (Å²) < 4.78 is 13.7. The number of carbonyl (C=O) groups excluding carboxylic acids is 1. The summed E-state index contributed by atoms with van der Waals surface area (Å²) in [7, 11) is 0. The first-order valence-electron chi connectivity index (χ1n) is 7.05. The molecule has 0 radical (unpaired) electrons. The molecule has 0 unspecified atom stereocenters. The summed E-state index contributed by atoms with van der Waals surface area (Å²) >= 11 is 5.74. The molecule has 0 aromatic heterocycles. The van der Waals surface area contributed by atoms with E-state index in [1.165, 1.54) is 12.1 Å². The molecule has 0 spiro atoms. The van der Waals surface area contributed by atoms with E-state index in [9.17, 15) is 9.18 Å². The molecule has 116 valence electrons. The molecule has 0 saturated carbocycles. The third-order valence-electron chi connectivity index (χ3n) is 3.88. The monoisotopic (exact) mass is 314 g/mol. The van der Waals surface area contributed by atoms with Gasteiger partial charge in [-0.3, -0.25) is 9.69 Å². The van der Waals surface area contributed by atoms with Crippen LogP contribution in [0.15, 0.2) is 18.2 Å². The van der Waals surface area contributed by atoms with Crippen LogP contribution in [0, 0.1) is 5.82 Å². The molecular weight excluding hydrogens is 295 g/mol. The molecule has 1 fully saturated rings. The van der Waals surface area contributed by atoms with Gasteiger partial charge in [0.25, 0.3) is 0 Å². The highest BCUT2D eigenvalue weighted by Gasteiger charge is 2.37. The molecular formula is C15H20ClFN2O2. The van der Waals surface area contributed by atoms with E-state index in [1.54, 1.807) is 6.07 Å². The van der Waals surface area contributed by atoms with E-state index < -0.39 is 18.3 Å². The molecule has 6 heteroatoms. The number of likely N-dealkylation sites (tertiary alicyclic amines) is 1. The van der Waals surface area contributed by atoms with E-state index in [2.05, 4.69) is 24.1 Å². The van der Waals surface area contributed by atoms with Gasteiger partial charge in [-0.05, 0) is 38.0 Å². The summed E-state index contributed by atoms with van der Waals surface area (Å²) in [4.78, 5) is 13.7. The lowest BCUT2D eigenvalue weighted by molar-refractivity contribution is -0.124. The van der Waals surface area contributed by atoms with Crippen LogP contribution in [0.25, 0.3) is 0 Å². The SMILES string of the molecule is CC(C)N1CC[C@H](NC(=O)CO)[C@@H]1c1ccc(Cl)c(F)c1. The standard InChI is InChI=1S/C15H20ClFN2O2/c1-9(2)19-6-5-13(18-14(21)8-20)15(19)10-3-4-11(16)12(17)7-10/h3-4,7,9,13,15,20H,5-6,8H2,1-2H3,(H,18,21)/t13-,15-/m0/s1. The Morgan fingerprint density at radius 3 is 2.86 bits per heavy atom. The van der Waals surface area contributed by atoms with Gasteiger partial charge in [-0.1, -0.05) is 17.7 Å². The molecule has 2 rings (SSSR count). The second-order valence-electron chi connectivity index (χ2n) is 5.57. The molecule has 0 aliphatic carbocycles. The van der Waals surface area contributed by atoms with Crippen molar-refractivity contribution in [3.05, 3.63) is 34.6 Å². The maximum absolute atomic E-state index is 13.7. The van der Waals surface area contributed by atoms with Crippen molar-refractivity contribution in [1.29, 1.82) is 0 Å². The van der Waals surface area contributed by atoms with Gasteiger partial charge in [0.15, 0.2) is 0 Å². The highest BCUT2D eigenvalue weighted by atomic mass is 35.5. The molecule has 1 aliphatic rings. The number of benzene rings is 1. The van der Waals surface area contributed by atoms with Crippen LogP contribution in [0.4, 0.5) is 4.39 Å². The summed E-state index contributed by atoms with van der Waals surface area (Å²) in [6, 6.07) is 4.75. The Hall–Kier alpha value is -1.17. The Kier molecular flexibility index (Phi) is 5.19. The van der Waals surface area contributed by atoms with E-state index in [1.807, 2.05) is 0 Å². The number of aliphatic hydroxyl groups is 1. The van der Waals surface area contributed by atoms with Crippen molar-refractivity contribution < 1.29 is 14.3 Å². The Bertz CT molecular complexity index is 524. The fraction of sp³-hybridized carbons (Fsp3) is 0.533. The minimum Gasteiger partial charge on any atom is -0.387 e. The van der Waals surface area contributed by atoms with Gasteiger partial charge in [-0.2, -0.15) is 0 Å². The summed E-state index contributed by atoms with van der Waals surface area (Å²) in [5, 5.41) is 11.8. The number of nitrogens with zero attached hydrogens (tertiary/aromatic N) is 1. The Labute approximate surface area is 128 Å². The fourth-order valence-electron chi connectivity index (χ4n) is 2.92. The van der Waals surface area contributed by atoms with Crippen LogP contribution in [-0.2, 0) is 4.79 Å². The maximum atomic E-state index is 13.7. The first kappa shape index (κ1) is 16.2. The molecule has 1 heterocycles. The van der Waals surface area contributed by atoms with Gasteiger partial charge in [0.1, 0.15) is 12.4 Å². The zero-order chi connectivity index (χ0) is 15.6. The highest BCUT2D eigenvalue weighted by Crippen LogP contribution is 2.35. The predicted molar refractivity (Wildman–Crippen MR) is 79.6 cm³/mol. The zero-order valence-corrected chi connectivity index (χ0v) is 12.9. The number of nitrogens with one attached hydrogen (secondary N) is 1. The third-order valence-corrected chi connectivity index (χ3v) is 4.18. The Balaban J connectivity index is 2.31. The van der Waals surface area contributed by atoms with Crippen LogP contribution < -0.4 is 5.32 Å². The van der Waals surface area contributed by atoms with Gasteiger partial charge < -0.3 is 10.4 Å². The molecule has 1 aromatic rings. The first-order chi connectivity index (χ1) is 9.93. The molecule has 1 amide bonds. The number of hydrogen-bond acceptors (Lipinski definition) is 3. The van der Waals surface area contributed by atoms with Gasteiger partial charge >= 0.3 is 0 Å². The summed E-state index contributed by atoms with van der Waals surface area (Å²) in [5.74, 6) is -0.873. The van der Waals surface area contributed by atoms with Crippen molar-refractivity contribution >= 4 is 17.5 Å². The van der Waals surface area contributed by atoms with Crippen LogP contribution in [0.3, 0.4) is 0 Å². The van der Waals surface area contributed by atoms with Crippen molar-refractivity contribution in [2.45, 2.75) is 38.4 Å². The van der Waals surface area contributed by atoms with Crippen molar-refractivity contribution in [3.8, 4) is 0 Å². The highest BCUT2D eigenvalue weighted by molar-refractivity contribution is 6.30. The molecule has 1 aromatic carbocycles. The Morgan fingerprint density at radius 2 is 2.29 bits per heavy atom. The average Bonchev–Trinajstić information content (AvgIpc) is 2.85. The largest absolute Gasteiger partial charge is 0.387 e. The van der Waals surface area contributed by atoms with Crippen LogP contribution in [-0.4, -0.2) is 41.1 Å². The summed E-state index contributed by atoms with van der Waals surface area (Å²) in [6.07, 6.45) is 0.763. The lowest BCUT2D eigenvalue weighted by Crippen LogP contribution is -2.42. The number of amides is 1. The molecule has 4 nitrogen and oxygen atoms in total. The summed E-state index contributed by atoms with van der Waals surface area (Å²) in [6.45, 7) is 4.40. The average molecular weight is 315 g/mol. The van der Waals surface area contributed by atoms with Crippen LogP contribution in [0.2, 0.25) is 5.02 Å². The third kappa shape index (κ3) is 3.54. The minimum atomic E-state index is -0.542. The van der Waals surface area contributed by atoms with Gasteiger partial charge in [0, 0.05) is 18.6 Å². The first-order valence-corrected chi connectivity index (χ1v) is 7.42. The van der Waals surface area contributed by atoms with Crippen LogP contribution >= 0.6 is 11.6 Å². The normalized spacial score (nSPS) is 22.8. The maximum Gasteiger partial charge on any atom is 0.245 e. The lowest BCUT2D eigenvalue weighted by atomic mass is 9.99. The Morgan fingerprint density at radius 1 is 1.57 bits per heavy atom. The fourth-order valence-corrected chi connectivity index (χ4v) is 3.04. The molecule has 1 saturated heterocycles. The van der Waals surface area contributed by atoms with Crippen molar-refractivity contribution in [3.63, 3.8) is 0 Å². The number of rotatable bonds is 4. The van der Waals surface area contributed by atoms with Gasteiger partial charge in [-0.15, -0.1) is 0 Å². The second kappa shape index (κ2) is 6.73. The van der Waals surface area contributed by atoms with E-state index in [4.69, 9.17) is 16.7 Å². The molecule has 0 bridgehead atoms. The number of halogens is 2. The molecule has 2 N–H and O–H groups in total. The van der Waals surface area contributed by atoms with Crippen LogP contribution in [0.5, 0.6) is 0 Å². The van der Waals surface area contributed by atoms with Gasteiger partial charge in [-0.25, -0.2) is 4.39 Å². The zero-order valence-electron chi connectivity index (χ0n) is 12.1. The number of carbonyl (C=O) groups is 1.